The van der Waals surface area contributed by atoms with Crippen molar-refractivity contribution >= 4 is 11.8 Å². The quantitative estimate of drug-likeness (QED) is 0.616. The summed E-state index contributed by atoms with van der Waals surface area (Å²) in [4.78, 5) is 26.1. The van der Waals surface area contributed by atoms with Crippen molar-refractivity contribution < 1.29 is 19.4 Å². The third kappa shape index (κ3) is 4.94. The molecule has 1 saturated heterocycles. The van der Waals surface area contributed by atoms with Crippen LogP contribution in [0.5, 0.6) is 5.75 Å². The van der Waals surface area contributed by atoms with Gasteiger partial charge in [0, 0.05) is 31.7 Å². The molecule has 1 aromatic carbocycles. The van der Waals surface area contributed by atoms with Crippen LogP contribution in [0.3, 0.4) is 0 Å². The van der Waals surface area contributed by atoms with Gasteiger partial charge < -0.3 is 20.5 Å². The number of piperazine rings is 1. The molecule has 1 fully saturated rings. The van der Waals surface area contributed by atoms with E-state index in [-0.39, 0.29) is 31.4 Å². The Kier molecular flexibility index (Phi) is 7.02. The zero-order valence-corrected chi connectivity index (χ0v) is 14.0. The normalized spacial score (nSPS) is 18.1. The van der Waals surface area contributed by atoms with Crippen molar-refractivity contribution in [2.75, 3.05) is 32.8 Å². The number of hydrogen-bond acceptors (Lipinski definition) is 5. The molecule has 0 spiro atoms. The fourth-order valence-electron chi connectivity index (χ4n) is 2.77. The minimum Gasteiger partial charge on any atom is -0.494 e. The van der Waals surface area contributed by atoms with Crippen molar-refractivity contribution in [2.24, 2.45) is 0 Å². The van der Waals surface area contributed by atoms with Gasteiger partial charge in [-0.15, -0.1) is 0 Å². The molecule has 7 nitrogen and oxygen atoms in total. The summed E-state index contributed by atoms with van der Waals surface area (Å²) in [5.74, 6) is 0.415. The van der Waals surface area contributed by atoms with Crippen LogP contribution in [0.4, 0.5) is 0 Å². The highest BCUT2D eigenvalue weighted by molar-refractivity contribution is 5.88. The van der Waals surface area contributed by atoms with Crippen LogP contribution < -0.4 is 15.4 Å². The Morgan fingerprint density at radius 3 is 3.00 bits per heavy atom. The minimum atomic E-state index is -0.521. The summed E-state index contributed by atoms with van der Waals surface area (Å²) in [6.07, 6.45) is 0.0721. The first-order chi connectivity index (χ1) is 11.7. The predicted octanol–water partition coefficient (Wildman–Crippen LogP) is -0.116. The molecule has 1 aliphatic heterocycles. The van der Waals surface area contributed by atoms with Crippen LogP contribution >= 0.6 is 0 Å². The summed E-state index contributed by atoms with van der Waals surface area (Å²) in [5, 5.41) is 14.2. The van der Waals surface area contributed by atoms with Gasteiger partial charge in [-0.2, -0.15) is 0 Å². The largest absolute Gasteiger partial charge is 0.494 e. The lowest BCUT2D eigenvalue weighted by Gasteiger charge is -2.35. The van der Waals surface area contributed by atoms with E-state index in [1.54, 1.807) is 0 Å². The van der Waals surface area contributed by atoms with E-state index in [9.17, 15) is 9.59 Å². The third-order valence-electron chi connectivity index (χ3n) is 3.90. The monoisotopic (exact) mass is 335 g/mol. The van der Waals surface area contributed by atoms with E-state index < -0.39 is 6.04 Å². The second-order valence-electron chi connectivity index (χ2n) is 5.60. The topological polar surface area (TPSA) is 90.9 Å². The van der Waals surface area contributed by atoms with Gasteiger partial charge in [0.2, 0.25) is 11.8 Å². The molecule has 2 rings (SSSR count). The van der Waals surface area contributed by atoms with Gasteiger partial charge in [0.25, 0.3) is 0 Å². The van der Waals surface area contributed by atoms with Gasteiger partial charge in [0.1, 0.15) is 5.75 Å². The van der Waals surface area contributed by atoms with Gasteiger partial charge in [-0.3, -0.25) is 14.5 Å². The number of rotatable bonds is 8. The fraction of sp³-hybridized carbons (Fsp3) is 0.529. The minimum absolute atomic E-state index is 0.0721. The number of aliphatic hydroxyl groups excluding tert-OH is 1. The van der Waals surface area contributed by atoms with E-state index in [1.807, 2.05) is 36.1 Å². The highest BCUT2D eigenvalue weighted by Gasteiger charge is 2.31. The molecule has 0 radical (unpaired) electrons. The lowest BCUT2D eigenvalue weighted by atomic mass is 10.1. The highest BCUT2D eigenvalue weighted by atomic mass is 16.5. The Morgan fingerprint density at radius 2 is 2.25 bits per heavy atom. The number of carbonyl (C=O) groups excluding carboxylic acids is 2. The average Bonchev–Trinajstić information content (AvgIpc) is 2.58. The molecule has 3 N–H and O–H groups in total. The van der Waals surface area contributed by atoms with Crippen LogP contribution in [-0.4, -0.2) is 60.7 Å². The number of hydrogen-bond donors (Lipinski definition) is 3. The van der Waals surface area contributed by atoms with Crippen molar-refractivity contribution in [1.82, 2.24) is 15.5 Å². The van der Waals surface area contributed by atoms with E-state index in [1.165, 1.54) is 0 Å². The van der Waals surface area contributed by atoms with Gasteiger partial charge in [0.15, 0.2) is 0 Å². The molecule has 24 heavy (non-hydrogen) atoms. The molecule has 1 aliphatic rings. The average molecular weight is 335 g/mol. The van der Waals surface area contributed by atoms with Crippen LogP contribution in [0, 0.1) is 0 Å². The van der Waals surface area contributed by atoms with Crippen LogP contribution in [0.2, 0.25) is 0 Å². The summed E-state index contributed by atoms with van der Waals surface area (Å²) in [6.45, 7) is 4.36. The number of nitrogens with one attached hydrogen (secondary N) is 2. The molecule has 2 amide bonds. The van der Waals surface area contributed by atoms with Gasteiger partial charge >= 0.3 is 0 Å². The predicted molar refractivity (Wildman–Crippen MR) is 89.5 cm³/mol. The van der Waals surface area contributed by atoms with Crippen molar-refractivity contribution in [3.63, 3.8) is 0 Å². The third-order valence-corrected chi connectivity index (χ3v) is 3.90. The summed E-state index contributed by atoms with van der Waals surface area (Å²) in [5.41, 5.74) is 0.995. The van der Waals surface area contributed by atoms with E-state index in [0.29, 0.717) is 26.2 Å². The molecule has 0 bridgehead atoms. The van der Waals surface area contributed by atoms with E-state index in [4.69, 9.17) is 9.84 Å². The van der Waals surface area contributed by atoms with Gasteiger partial charge in [-0.1, -0.05) is 18.2 Å². The highest BCUT2D eigenvalue weighted by Crippen LogP contribution is 2.22. The summed E-state index contributed by atoms with van der Waals surface area (Å²) < 4.78 is 5.64. The van der Waals surface area contributed by atoms with Crippen molar-refractivity contribution in [3.8, 4) is 5.75 Å². The summed E-state index contributed by atoms with van der Waals surface area (Å²) >= 11 is 0. The Labute approximate surface area is 142 Å². The van der Waals surface area contributed by atoms with Crippen molar-refractivity contribution in [2.45, 2.75) is 25.9 Å². The van der Waals surface area contributed by atoms with Gasteiger partial charge in [0.05, 0.1) is 25.7 Å². The smallest absolute Gasteiger partial charge is 0.237 e. The Hall–Kier alpha value is -2.12. The maximum absolute atomic E-state index is 12.2. The molecular formula is C17H25N3O4. The molecule has 1 unspecified atom stereocenters. The number of amides is 2. The first kappa shape index (κ1) is 18.2. The van der Waals surface area contributed by atoms with E-state index in [0.717, 1.165) is 11.3 Å². The van der Waals surface area contributed by atoms with Crippen molar-refractivity contribution in [1.29, 1.82) is 0 Å². The number of benzene rings is 1. The van der Waals surface area contributed by atoms with Gasteiger partial charge in [-0.25, -0.2) is 0 Å². The standard InChI is InChI=1S/C17H25N3O4/c1-2-24-15-6-4-3-5-13(15)12-20-9-7-19-17(23)14(20)11-16(22)18-8-10-21/h3-6,14,21H,2,7-12H2,1H3,(H,18,22)(H,19,23). The Bertz CT molecular complexity index is 565. The molecule has 7 heteroatoms. The zero-order chi connectivity index (χ0) is 17.4. The zero-order valence-electron chi connectivity index (χ0n) is 14.0. The van der Waals surface area contributed by atoms with Gasteiger partial charge in [-0.05, 0) is 13.0 Å². The number of ether oxygens (including phenoxy) is 1. The lowest BCUT2D eigenvalue weighted by Crippen LogP contribution is -2.56. The fourth-order valence-corrected chi connectivity index (χ4v) is 2.77. The Morgan fingerprint density at radius 1 is 1.46 bits per heavy atom. The molecular weight excluding hydrogens is 310 g/mol. The lowest BCUT2D eigenvalue weighted by molar-refractivity contribution is -0.134. The number of carbonyl (C=O) groups is 2. The Balaban J connectivity index is 2.08. The number of para-hydroxylation sites is 1. The van der Waals surface area contributed by atoms with Crippen molar-refractivity contribution in [3.05, 3.63) is 29.8 Å². The van der Waals surface area contributed by atoms with Crippen LogP contribution in [0.15, 0.2) is 24.3 Å². The summed E-state index contributed by atoms with van der Waals surface area (Å²) in [7, 11) is 0. The second kappa shape index (κ2) is 9.24. The van der Waals surface area contributed by atoms with Crippen LogP contribution in [-0.2, 0) is 16.1 Å². The maximum atomic E-state index is 12.2. The molecule has 1 heterocycles. The van der Waals surface area contributed by atoms with E-state index in [2.05, 4.69) is 10.6 Å². The molecule has 0 aliphatic carbocycles. The maximum Gasteiger partial charge on any atom is 0.237 e. The number of aliphatic hydroxyl groups is 1. The van der Waals surface area contributed by atoms with Crippen LogP contribution in [0.1, 0.15) is 18.9 Å². The first-order valence-electron chi connectivity index (χ1n) is 8.25. The SMILES string of the molecule is CCOc1ccccc1CN1CCNC(=O)C1CC(=O)NCCO. The molecule has 1 atom stereocenters. The number of nitrogens with zero attached hydrogens (tertiary/aromatic N) is 1. The summed E-state index contributed by atoms with van der Waals surface area (Å²) in [6, 6.07) is 7.21. The molecule has 0 aromatic heterocycles. The second-order valence-corrected chi connectivity index (χ2v) is 5.60. The molecule has 132 valence electrons. The van der Waals surface area contributed by atoms with E-state index >= 15 is 0 Å². The molecule has 1 aromatic rings. The molecule has 0 saturated carbocycles. The van der Waals surface area contributed by atoms with Crippen LogP contribution in [0.25, 0.3) is 0 Å². The first-order valence-corrected chi connectivity index (χ1v) is 8.25.